The first-order chi connectivity index (χ1) is 12.3. The summed E-state index contributed by atoms with van der Waals surface area (Å²) in [4.78, 5) is 27.5. The van der Waals surface area contributed by atoms with Gasteiger partial charge in [0.05, 0.1) is 5.52 Å². The molecule has 4 aromatic rings. The number of nitrogens with one attached hydrogen (secondary N) is 2. The number of aromatic nitrogens is 5. The van der Waals surface area contributed by atoms with Crippen LogP contribution < -0.4 is 5.69 Å². The molecular formula is C19H17N5O. The van der Waals surface area contributed by atoms with Crippen molar-refractivity contribution in [1.29, 1.82) is 0 Å². The lowest BCUT2D eigenvalue weighted by molar-refractivity contribution is 0.715. The molecule has 0 spiro atoms. The molecule has 124 valence electrons. The van der Waals surface area contributed by atoms with Crippen molar-refractivity contribution in [2.24, 2.45) is 0 Å². The van der Waals surface area contributed by atoms with Gasteiger partial charge in [-0.05, 0) is 43.9 Å². The maximum atomic E-state index is 12.4. The van der Waals surface area contributed by atoms with Crippen LogP contribution in [0.25, 0.3) is 39.0 Å². The monoisotopic (exact) mass is 331 g/mol. The molecule has 0 fully saturated rings. The molecule has 5 rings (SSSR count). The molecule has 0 aliphatic heterocycles. The summed E-state index contributed by atoms with van der Waals surface area (Å²) in [5.74, 6) is 0. The van der Waals surface area contributed by atoms with E-state index < -0.39 is 0 Å². The normalized spacial score (nSPS) is 15.0. The lowest BCUT2D eigenvalue weighted by Gasteiger charge is -2.13. The van der Waals surface area contributed by atoms with E-state index in [9.17, 15) is 4.79 Å². The summed E-state index contributed by atoms with van der Waals surface area (Å²) >= 11 is 0. The average Bonchev–Trinajstić information content (AvgIpc) is 3.24. The van der Waals surface area contributed by atoms with Gasteiger partial charge in [-0.2, -0.15) is 0 Å². The molecule has 6 heteroatoms. The lowest BCUT2D eigenvalue weighted by atomic mass is 10.0. The molecule has 25 heavy (non-hydrogen) atoms. The van der Waals surface area contributed by atoms with Crippen molar-refractivity contribution in [3.8, 4) is 11.1 Å². The number of aromatic amines is 2. The number of pyridine rings is 2. The molecule has 0 unspecified atom stereocenters. The molecule has 4 heterocycles. The van der Waals surface area contributed by atoms with Crippen molar-refractivity contribution in [3.63, 3.8) is 0 Å². The van der Waals surface area contributed by atoms with E-state index >= 15 is 0 Å². The molecule has 0 radical (unpaired) electrons. The second kappa shape index (κ2) is 5.44. The van der Waals surface area contributed by atoms with Gasteiger partial charge in [-0.25, -0.2) is 19.3 Å². The molecule has 0 bridgehead atoms. The molecule has 2 N–H and O–H groups in total. The van der Waals surface area contributed by atoms with Crippen molar-refractivity contribution >= 4 is 27.9 Å². The molecule has 4 aromatic heterocycles. The number of nitrogens with zero attached hydrogens (tertiary/aromatic N) is 3. The molecule has 0 saturated carbocycles. The number of fused-ring (bicyclic) bond motifs is 2. The smallest absolute Gasteiger partial charge is 0.332 e. The second-order valence-electron chi connectivity index (χ2n) is 6.44. The van der Waals surface area contributed by atoms with Crippen LogP contribution in [0.4, 0.5) is 0 Å². The Bertz CT molecular complexity index is 1180. The summed E-state index contributed by atoms with van der Waals surface area (Å²) in [5.41, 5.74) is 5.16. The van der Waals surface area contributed by atoms with Crippen molar-refractivity contribution in [2.75, 3.05) is 0 Å². The lowest BCUT2D eigenvalue weighted by Crippen LogP contribution is -2.17. The quantitative estimate of drug-likeness (QED) is 0.588. The first kappa shape index (κ1) is 14.2. The van der Waals surface area contributed by atoms with Gasteiger partial charge in [-0.1, -0.05) is 6.08 Å². The third-order valence-electron chi connectivity index (χ3n) is 4.81. The Morgan fingerprint density at radius 3 is 2.84 bits per heavy atom. The largest absolute Gasteiger partial charge is 0.346 e. The van der Waals surface area contributed by atoms with Crippen molar-refractivity contribution in [2.45, 2.75) is 25.7 Å². The second-order valence-corrected chi connectivity index (χ2v) is 6.44. The van der Waals surface area contributed by atoms with E-state index in [-0.39, 0.29) is 5.69 Å². The zero-order valence-electron chi connectivity index (χ0n) is 13.6. The number of hydrogen-bond acceptors (Lipinski definition) is 3. The summed E-state index contributed by atoms with van der Waals surface area (Å²) in [6.07, 6.45) is 11.9. The zero-order valence-corrected chi connectivity index (χ0v) is 13.6. The molecule has 1 aliphatic rings. The third-order valence-corrected chi connectivity index (χ3v) is 4.81. The number of allylic oxidation sites excluding steroid dienone is 2. The maximum Gasteiger partial charge on any atom is 0.332 e. The molecular weight excluding hydrogens is 314 g/mol. The molecule has 1 aliphatic carbocycles. The number of H-pyrrole nitrogens is 2. The summed E-state index contributed by atoms with van der Waals surface area (Å²) in [5, 5.41) is 1.05. The highest BCUT2D eigenvalue weighted by molar-refractivity contribution is 5.84. The Morgan fingerprint density at radius 1 is 1.08 bits per heavy atom. The van der Waals surface area contributed by atoms with Gasteiger partial charge in [-0.15, -0.1) is 0 Å². The van der Waals surface area contributed by atoms with Gasteiger partial charge >= 0.3 is 5.69 Å². The number of rotatable bonds is 2. The Morgan fingerprint density at radius 2 is 1.96 bits per heavy atom. The van der Waals surface area contributed by atoms with Crippen LogP contribution in [0.2, 0.25) is 0 Å². The highest BCUT2D eigenvalue weighted by Crippen LogP contribution is 2.26. The first-order valence-corrected chi connectivity index (χ1v) is 8.53. The zero-order chi connectivity index (χ0) is 16.8. The molecule has 6 nitrogen and oxygen atoms in total. The minimum absolute atomic E-state index is 0.119. The number of imidazole rings is 1. The SMILES string of the molecule is O=c1[nH]c2cc(-c3cnc4[nH]ccc4c3)cnc2n1C1=CCCCC1. The van der Waals surface area contributed by atoms with Gasteiger partial charge in [0.15, 0.2) is 5.65 Å². The van der Waals surface area contributed by atoms with Crippen LogP contribution in [0.3, 0.4) is 0 Å². The Kier molecular flexibility index (Phi) is 3.09. The van der Waals surface area contributed by atoms with Gasteiger partial charge in [0.25, 0.3) is 0 Å². The Hall–Kier alpha value is -3.15. The number of hydrogen-bond donors (Lipinski definition) is 2. The topological polar surface area (TPSA) is 79.4 Å². The fraction of sp³-hybridized carbons (Fsp3) is 0.211. The third kappa shape index (κ3) is 2.29. The van der Waals surface area contributed by atoms with Crippen LogP contribution in [0.5, 0.6) is 0 Å². The molecule has 0 amide bonds. The summed E-state index contributed by atoms with van der Waals surface area (Å²) in [6.45, 7) is 0. The highest BCUT2D eigenvalue weighted by atomic mass is 16.1. The summed E-state index contributed by atoms with van der Waals surface area (Å²) < 4.78 is 1.71. The van der Waals surface area contributed by atoms with E-state index in [0.717, 1.165) is 52.6 Å². The van der Waals surface area contributed by atoms with Gasteiger partial charge in [0.1, 0.15) is 5.65 Å². The van der Waals surface area contributed by atoms with Crippen LogP contribution >= 0.6 is 0 Å². The standard InChI is InChI=1S/C19H17N5O/c25-19-23-16-9-14(13-8-12-6-7-20-17(12)21-10-13)11-22-18(16)24(19)15-4-2-1-3-5-15/h4,6-11H,1-3,5H2,(H,20,21)(H,23,25). The fourth-order valence-corrected chi connectivity index (χ4v) is 3.54. The summed E-state index contributed by atoms with van der Waals surface area (Å²) in [7, 11) is 0. The molecule has 0 saturated heterocycles. The first-order valence-electron chi connectivity index (χ1n) is 8.53. The Balaban J connectivity index is 1.65. The van der Waals surface area contributed by atoms with Gasteiger partial charge in [0.2, 0.25) is 0 Å². The minimum Gasteiger partial charge on any atom is -0.346 e. The predicted molar refractivity (Wildman–Crippen MR) is 98.2 cm³/mol. The van der Waals surface area contributed by atoms with Gasteiger partial charge in [0, 0.05) is 40.8 Å². The highest BCUT2D eigenvalue weighted by Gasteiger charge is 2.15. The van der Waals surface area contributed by atoms with Gasteiger partial charge in [-0.3, -0.25) is 0 Å². The Labute approximate surface area is 143 Å². The van der Waals surface area contributed by atoms with E-state index in [1.54, 1.807) is 4.57 Å². The minimum atomic E-state index is -0.119. The molecule has 0 atom stereocenters. The van der Waals surface area contributed by atoms with E-state index in [2.05, 4.69) is 32.1 Å². The van der Waals surface area contributed by atoms with Crippen LogP contribution in [-0.4, -0.2) is 24.5 Å². The summed E-state index contributed by atoms with van der Waals surface area (Å²) in [6, 6.07) is 6.03. The molecule has 0 aromatic carbocycles. The van der Waals surface area contributed by atoms with Crippen molar-refractivity contribution < 1.29 is 0 Å². The van der Waals surface area contributed by atoms with Gasteiger partial charge < -0.3 is 9.97 Å². The van der Waals surface area contributed by atoms with Crippen LogP contribution in [0, 0.1) is 0 Å². The van der Waals surface area contributed by atoms with E-state index in [4.69, 9.17) is 0 Å². The fourth-order valence-electron chi connectivity index (χ4n) is 3.54. The predicted octanol–water partition coefficient (Wildman–Crippen LogP) is 3.68. The van der Waals surface area contributed by atoms with Crippen molar-refractivity contribution in [3.05, 3.63) is 53.3 Å². The van der Waals surface area contributed by atoms with Crippen LogP contribution in [-0.2, 0) is 0 Å². The van der Waals surface area contributed by atoms with Crippen LogP contribution in [0.1, 0.15) is 25.7 Å². The maximum absolute atomic E-state index is 12.4. The van der Waals surface area contributed by atoms with Crippen molar-refractivity contribution in [1.82, 2.24) is 24.5 Å². The van der Waals surface area contributed by atoms with E-state index in [1.165, 1.54) is 6.42 Å². The average molecular weight is 331 g/mol. The van der Waals surface area contributed by atoms with E-state index in [0.29, 0.717) is 5.65 Å². The van der Waals surface area contributed by atoms with E-state index in [1.807, 2.05) is 30.7 Å². The van der Waals surface area contributed by atoms with Crippen LogP contribution in [0.15, 0.2) is 47.7 Å².